The number of hydrogen-bond donors (Lipinski definition) is 1. The van der Waals surface area contributed by atoms with E-state index < -0.39 is 3.79 Å². The number of pyridine rings is 1. The Balaban J connectivity index is 2.05. The first-order valence-corrected chi connectivity index (χ1v) is 8.36. The number of rotatable bonds is 3. The van der Waals surface area contributed by atoms with Crippen molar-refractivity contribution in [2.45, 2.75) is 10.7 Å². The zero-order valence-corrected chi connectivity index (χ0v) is 14.7. The van der Waals surface area contributed by atoms with Gasteiger partial charge in [-0.15, -0.1) is 11.3 Å². The topological polar surface area (TPSA) is 76.5 Å². The van der Waals surface area contributed by atoms with Crippen molar-refractivity contribution in [2.24, 2.45) is 0 Å². The third-order valence-electron chi connectivity index (χ3n) is 2.65. The van der Waals surface area contributed by atoms with Crippen molar-refractivity contribution in [2.75, 3.05) is 5.32 Å². The lowest BCUT2D eigenvalue weighted by Gasteiger charge is -2.12. The smallest absolute Gasteiger partial charge is 0.250 e. The van der Waals surface area contributed by atoms with Crippen molar-refractivity contribution < 1.29 is 0 Å². The van der Waals surface area contributed by atoms with Crippen molar-refractivity contribution in [3.05, 3.63) is 41.4 Å². The SMILES string of the molecule is Cc1csc(Nc2nc(-c3cccnc3)nc(C(Cl)(Cl)Cl)n2)n1. The lowest BCUT2D eigenvalue weighted by Crippen LogP contribution is -2.12. The van der Waals surface area contributed by atoms with Crippen LogP contribution in [-0.2, 0) is 3.79 Å². The first-order chi connectivity index (χ1) is 10.9. The van der Waals surface area contributed by atoms with E-state index in [1.54, 1.807) is 18.5 Å². The van der Waals surface area contributed by atoms with E-state index in [-0.39, 0.29) is 11.8 Å². The molecule has 3 aromatic heterocycles. The maximum Gasteiger partial charge on any atom is 0.250 e. The van der Waals surface area contributed by atoms with E-state index in [4.69, 9.17) is 34.8 Å². The number of aryl methyl sites for hydroxylation is 1. The van der Waals surface area contributed by atoms with E-state index in [1.807, 2.05) is 18.4 Å². The summed E-state index contributed by atoms with van der Waals surface area (Å²) in [6, 6.07) is 3.58. The molecule has 0 unspecified atom stereocenters. The molecular formula is C13H9Cl3N6S. The number of nitrogens with one attached hydrogen (secondary N) is 1. The van der Waals surface area contributed by atoms with Crippen molar-refractivity contribution >= 4 is 57.2 Å². The molecule has 3 heterocycles. The minimum atomic E-state index is -1.77. The van der Waals surface area contributed by atoms with Gasteiger partial charge in [0.2, 0.25) is 9.74 Å². The normalized spacial score (nSPS) is 11.5. The number of anilines is 2. The summed E-state index contributed by atoms with van der Waals surface area (Å²) in [4.78, 5) is 21.0. The molecule has 0 aliphatic heterocycles. The van der Waals surface area contributed by atoms with Gasteiger partial charge in [-0.05, 0) is 19.1 Å². The van der Waals surface area contributed by atoms with Gasteiger partial charge in [-0.2, -0.15) is 9.97 Å². The van der Waals surface area contributed by atoms with E-state index in [2.05, 4.69) is 30.2 Å². The molecular weight excluding hydrogens is 379 g/mol. The fourth-order valence-electron chi connectivity index (χ4n) is 1.69. The van der Waals surface area contributed by atoms with Crippen LogP contribution in [0.2, 0.25) is 0 Å². The summed E-state index contributed by atoms with van der Waals surface area (Å²) in [7, 11) is 0. The predicted molar refractivity (Wildman–Crippen MR) is 92.4 cm³/mol. The van der Waals surface area contributed by atoms with Gasteiger partial charge in [0.25, 0.3) is 0 Å². The van der Waals surface area contributed by atoms with Crippen LogP contribution in [0.3, 0.4) is 0 Å². The molecule has 0 amide bonds. The summed E-state index contributed by atoms with van der Waals surface area (Å²) in [5, 5.41) is 5.54. The Morgan fingerprint density at radius 2 is 1.96 bits per heavy atom. The highest BCUT2D eigenvalue weighted by Gasteiger charge is 2.28. The number of halogens is 3. The van der Waals surface area contributed by atoms with Crippen LogP contribution < -0.4 is 5.32 Å². The average Bonchev–Trinajstić information content (AvgIpc) is 2.92. The summed E-state index contributed by atoms with van der Waals surface area (Å²) >= 11 is 19.2. The van der Waals surface area contributed by atoms with Crippen LogP contribution >= 0.6 is 46.1 Å². The molecule has 1 N–H and O–H groups in total. The van der Waals surface area contributed by atoms with E-state index in [0.717, 1.165) is 5.69 Å². The molecule has 10 heteroatoms. The van der Waals surface area contributed by atoms with Gasteiger partial charge in [0.15, 0.2) is 16.8 Å². The second-order valence-corrected chi connectivity index (χ2v) is 7.60. The molecule has 0 bridgehead atoms. The first kappa shape index (κ1) is 16.3. The summed E-state index contributed by atoms with van der Waals surface area (Å²) in [5.41, 5.74) is 1.57. The quantitative estimate of drug-likeness (QED) is 0.676. The van der Waals surface area contributed by atoms with Gasteiger partial charge in [0, 0.05) is 23.3 Å². The number of aromatic nitrogens is 5. The van der Waals surface area contributed by atoms with Crippen LogP contribution in [0.25, 0.3) is 11.4 Å². The Kier molecular flexibility index (Phi) is 4.63. The molecule has 23 heavy (non-hydrogen) atoms. The van der Waals surface area contributed by atoms with Gasteiger partial charge >= 0.3 is 0 Å². The van der Waals surface area contributed by atoms with E-state index >= 15 is 0 Å². The number of nitrogens with zero attached hydrogens (tertiary/aromatic N) is 5. The second-order valence-electron chi connectivity index (χ2n) is 4.46. The first-order valence-electron chi connectivity index (χ1n) is 6.34. The maximum atomic E-state index is 5.92. The highest BCUT2D eigenvalue weighted by molar-refractivity contribution is 7.13. The zero-order chi connectivity index (χ0) is 16.4. The Morgan fingerprint density at radius 3 is 2.57 bits per heavy atom. The van der Waals surface area contributed by atoms with Crippen molar-refractivity contribution in [3.63, 3.8) is 0 Å². The van der Waals surface area contributed by atoms with Gasteiger partial charge < -0.3 is 0 Å². The van der Waals surface area contributed by atoms with Crippen molar-refractivity contribution in [3.8, 4) is 11.4 Å². The number of thiazole rings is 1. The summed E-state index contributed by atoms with van der Waals surface area (Å²) in [6.07, 6.45) is 3.27. The standard InChI is InChI=1S/C13H9Cl3N6S/c1-7-6-23-12(18-7)22-11-20-9(8-3-2-4-17-5-8)19-10(21-11)13(14,15)16/h2-6H,1H3,(H,18,19,20,21,22). The van der Waals surface area contributed by atoms with Gasteiger partial charge in [-0.25, -0.2) is 9.97 Å². The monoisotopic (exact) mass is 386 g/mol. The minimum absolute atomic E-state index is 0.0205. The molecule has 0 radical (unpaired) electrons. The van der Waals surface area contributed by atoms with E-state index in [1.165, 1.54) is 11.3 Å². The van der Waals surface area contributed by atoms with Gasteiger partial charge in [-0.3, -0.25) is 10.3 Å². The Morgan fingerprint density at radius 1 is 1.13 bits per heavy atom. The van der Waals surface area contributed by atoms with Crippen LogP contribution in [0.5, 0.6) is 0 Å². The average molecular weight is 388 g/mol. The van der Waals surface area contributed by atoms with Crippen LogP contribution in [0.1, 0.15) is 11.5 Å². The minimum Gasteiger partial charge on any atom is -0.300 e. The molecule has 0 aromatic carbocycles. The Bertz CT molecular complexity index is 818. The van der Waals surface area contributed by atoms with E-state index in [0.29, 0.717) is 16.5 Å². The third kappa shape index (κ3) is 4.06. The molecule has 3 aromatic rings. The molecule has 0 saturated carbocycles. The van der Waals surface area contributed by atoms with Crippen molar-refractivity contribution in [1.82, 2.24) is 24.9 Å². The molecule has 0 atom stereocenters. The fourth-order valence-corrected chi connectivity index (χ4v) is 2.63. The molecule has 0 saturated heterocycles. The van der Waals surface area contributed by atoms with Crippen LogP contribution in [0.15, 0.2) is 29.9 Å². The van der Waals surface area contributed by atoms with Gasteiger partial charge in [-0.1, -0.05) is 34.8 Å². The van der Waals surface area contributed by atoms with Crippen LogP contribution in [0, 0.1) is 6.92 Å². The highest BCUT2D eigenvalue weighted by Crippen LogP contribution is 2.37. The molecule has 6 nitrogen and oxygen atoms in total. The highest BCUT2D eigenvalue weighted by atomic mass is 35.6. The predicted octanol–water partition coefficient (Wildman–Crippen LogP) is 4.27. The molecule has 0 fully saturated rings. The van der Waals surface area contributed by atoms with Gasteiger partial charge in [0.1, 0.15) is 0 Å². The van der Waals surface area contributed by atoms with Crippen LogP contribution in [0.4, 0.5) is 11.1 Å². The van der Waals surface area contributed by atoms with Gasteiger partial charge in [0.05, 0.1) is 5.69 Å². The summed E-state index contributed by atoms with van der Waals surface area (Å²) in [5.74, 6) is 0.617. The Labute approximate surface area is 150 Å². The lowest BCUT2D eigenvalue weighted by atomic mass is 10.3. The number of alkyl halides is 3. The maximum absolute atomic E-state index is 5.92. The molecule has 0 aliphatic carbocycles. The zero-order valence-electron chi connectivity index (χ0n) is 11.7. The van der Waals surface area contributed by atoms with E-state index in [9.17, 15) is 0 Å². The molecule has 0 spiro atoms. The largest absolute Gasteiger partial charge is 0.300 e. The molecule has 0 aliphatic rings. The third-order valence-corrected chi connectivity index (χ3v) is 4.03. The molecule has 118 valence electrons. The number of hydrogen-bond acceptors (Lipinski definition) is 7. The lowest BCUT2D eigenvalue weighted by molar-refractivity contribution is 0.930. The Hall–Kier alpha value is -1.54. The van der Waals surface area contributed by atoms with Crippen LogP contribution in [-0.4, -0.2) is 24.9 Å². The summed E-state index contributed by atoms with van der Waals surface area (Å²) in [6.45, 7) is 1.89. The molecule has 3 rings (SSSR count). The second kappa shape index (κ2) is 6.52. The van der Waals surface area contributed by atoms with Crippen molar-refractivity contribution in [1.29, 1.82) is 0 Å². The summed E-state index contributed by atoms with van der Waals surface area (Å²) < 4.78 is -1.77. The fraction of sp³-hybridized carbons (Fsp3) is 0.154.